The molecule has 106 valence electrons. The van der Waals surface area contributed by atoms with Crippen LogP contribution in [0.5, 0.6) is 0 Å². The minimum absolute atomic E-state index is 0.443. The molecule has 2 fully saturated rings. The SMILES string of the molecule is CC(C)NCC1COCCN1CC1CCCCO1. The van der Waals surface area contributed by atoms with E-state index >= 15 is 0 Å². The largest absolute Gasteiger partial charge is 0.378 e. The summed E-state index contributed by atoms with van der Waals surface area (Å²) >= 11 is 0. The fourth-order valence-corrected chi connectivity index (χ4v) is 2.70. The highest BCUT2D eigenvalue weighted by Crippen LogP contribution is 2.16. The predicted octanol–water partition coefficient (Wildman–Crippen LogP) is 1.25. The summed E-state index contributed by atoms with van der Waals surface area (Å²) in [5, 5.41) is 3.52. The van der Waals surface area contributed by atoms with E-state index in [4.69, 9.17) is 9.47 Å². The maximum absolute atomic E-state index is 5.85. The van der Waals surface area contributed by atoms with Gasteiger partial charge in [-0.1, -0.05) is 13.8 Å². The van der Waals surface area contributed by atoms with E-state index in [9.17, 15) is 0 Å². The second-order valence-corrected chi connectivity index (χ2v) is 5.78. The number of ether oxygens (including phenoxy) is 2. The van der Waals surface area contributed by atoms with Crippen molar-refractivity contribution in [3.8, 4) is 0 Å². The van der Waals surface area contributed by atoms with Crippen LogP contribution < -0.4 is 5.32 Å². The highest BCUT2D eigenvalue weighted by molar-refractivity contribution is 4.81. The molecule has 4 nitrogen and oxygen atoms in total. The van der Waals surface area contributed by atoms with Crippen LogP contribution in [0, 0.1) is 0 Å². The molecular formula is C14H28N2O2. The van der Waals surface area contributed by atoms with Crippen LogP contribution in [0.3, 0.4) is 0 Å². The number of hydrogen-bond donors (Lipinski definition) is 1. The van der Waals surface area contributed by atoms with Gasteiger partial charge < -0.3 is 14.8 Å². The van der Waals surface area contributed by atoms with Gasteiger partial charge in [-0.3, -0.25) is 4.90 Å². The summed E-state index contributed by atoms with van der Waals surface area (Å²) in [5.74, 6) is 0. The van der Waals surface area contributed by atoms with Crippen LogP contribution in [0.4, 0.5) is 0 Å². The molecule has 18 heavy (non-hydrogen) atoms. The van der Waals surface area contributed by atoms with Gasteiger partial charge in [0.1, 0.15) is 0 Å². The molecule has 2 aliphatic heterocycles. The number of hydrogen-bond acceptors (Lipinski definition) is 4. The summed E-state index contributed by atoms with van der Waals surface area (Å²) < 4.78 is 11.5. The molecule has 0 aromatic carbocycles. The Balaban J connectivity index is 1.78. The zero-order valence-corrected chi connectivity index (χ0v) is 11.9. The molecule has 2 atom stereocenters. The first-order valence-corrected chi connectivity index (χ1v) is 7.42. The summed E-state index contributed by atoms with van der Waals surface area (Å²) in [6, 6.07) is 1.05. The molecule has 0 aromatic rings. The molecule has 0 aliphatic carbocycles. The Kier molecular flexibility index (Phi) is 5.89. The Hall–Kier alpha value is -0.160. The molecule has 0 spiro atoms. The first-order chi connectivity index (χ1) is 8.75. The van der Waals surface area contributed by atoms with Crippen molar-refractivity contribution in [3.63, 3.8) is 0 Å². The molecule has 0 amide bonds. The van der Waals surface area contributed by atoms with Crippen LogP contribution >= 0.6 is 0 Å². The molecule has 4 heteroatoms. The van der Waals surface area contributed by atoms with Crippen LogP contribution in [0.15, 0.2) is 0 Å². The Bertz CT molecular complexity index is 230. The van der Waals surface area contributed by atoms with Crippen molar-refractivity contribution < 1.29 is 9.47 Å². The average Bonchev–Trinajstić information content (AvgIpc) is 2.39. The summed E-state index contributed by atoms with van der Waals surface area (Å²) in [6.45, 7) is 10.2. The molecule has 2 saturated heterocycles. The first-order valence-electron chi connectivity index (χ1n) is 7.42. The van der Waals surface area contributed by atoms with E-state index in [1.807, 2.05) is 0 Å². The van der Waals surface area contributed by atoms with Gasteiger partial charge in [-0.25, -0.2) is 0 Å². The highest BCUT2D eigenvalue weighted by atomic mass is 16.5. The third-order valence-electron chi connectivity index (χ3n) is 3.82. The minimum atomic E-state index is 0.443. The first kappa shape index (κ1) is 14.3. The van der Waals surface area contributed by atoms with Gasteiger partial charge in [-0.15, -0.1) is 0 Å². The zero-order valence-electron chi connectivity index (χ0n) is 11.9. The van der Waals surface area contributed by atoms with E-state index in [1.54, 1.807) is 0 Å². The molecule has 2 unspecified atom stereocenters. The fraction of sp³-hybridized carbons (Fsp3) is 1.00. The maximum Gasteiger partial charge on any atom is 0.0702 e. The molecule has 2 heterocycles. The second-order valence-electron chi connectivity index (χ2n) is 5.78. The smallest absolute Gasteiger partial charge is 0.0702 e. The fourth-order valence-electron chi connectivity index (χ4n) is 2.70. The molecule has 0 bridgehead atoms. The zero-order chi connectivity index (χ0) is 12.8. The summed E-state index contributed by atoms with van der Waals surface area (Å²) in [7, 11) is 0. The predicted molar refractivity (Wildman–Crippen MR) is 72.9 cm³/mol. The molecule has 1 N–H and O–H groups in total. The molecular weight excluding hydrogens is 228 g/mol. The standard InChI is InChI=1S/C14H28N2O2/c1-12(2)15-9-13-11-17-8-6-16(13)10-14-5-3-4-7-18-14/h12-15H,3-11H2,1-2H3. The molecule has 0 aromatic heterocycles. The van der Waals surface area contributed by atoms with Crippen molar-refractivity contribution in [1.29, 1.82) is 0 Å². The van der Waals surface area contributed by atoms with Crippen LogP contribution in [0.1, 0.15) is 33.1 Å². The van der Waals surface area contributed by atoms with Crippen LogP contribution in [-0.2, 0) is 9.47 Å². The van der Waals surface area contributed by atoms with Crippen LogP contribution in [-0.4, -0.2) is 62.5 Å². The highest BCUT2D eigenvalue weighted by Gasteiger charge is 2.26. The monoisotopic (exact) mass is 256 g/mol. The minimum Gasteiger partial charge on any atom is -0.378 e. The van der Waals surface area contributed by atoms with Gasteiger partial charge in [0, 0.05) is 38.3 Å². The molecule has 0 radical (unpaired) electrons. The maximum atomic E-state index is 5.85. The van der Waals surface area contributed by atoms with Gasteiger partial charge in [0.25, 0.3) is 0 Å². The summed E-state index contributed by atoms with van der Waals surface area (Å²) in [6.07, 6.45) is 4.22. The van der Waals surface area contributed by atoms with E-state index in [0.29, 0.717) is 18.2 Å². The summed E-state index contributed by atoms with van der Waals surface area (Å²) in [5.41, 5.74) is 0. The number of rotatable bonds is 5. The number of morpholine rings is 1. The van der Waals surface area contributed by atoms with Crippen molar-refractivity contribution in [2.45, 2.75) is 51.3 Å². The van der Waals surface area contributed by atoms with Gasteiger partial charge in [-0.2, -0.15) is 0 Å². The lowest BCUT2D eigenvalue weighted by atomic mass is 10.1. The van der Waals surface area contributed by atoms with Crippen molar-refractivity contribution in [3.05, 3.63) is 0 Å². The van der Waals surface area contributed by atoms with E-state index in [1.165, 1.54) is 19.3 Å². The molecule has 0 saturated carbocycles. The van der Waals surface area contributed by atoms with Gasteiger partial charge >= 0.3 is 0 Å². The summed E-state index contributed by atoms with van der Waals surface area (Å²) in [4.78, 5) is 2.55. The molecule has 2 rings (SSSR count). The van der Waals surface area contributed by atoms with Gasteiger partial charge in [-0.05, 0) is 19.3 Å². The molecule has 2 aliphatic rings. The van der Waals surface area contributed by atoms with Crippen LogP contribution in [0.25, 0.3) is 0 Å². The lowest BCUT2D eigenvalue weighted by molar-refractivity contribution is -0.0543. The van der Waals surface area contributed by atoms with Gasteiger partial charge in [0.2, 0.25) is 0 Å². The van der Waals surface area contributed by atoms with E-state index in [-0.39, 0.29) is 0 Å². The topological polar surface area (TPSA) is 33.7 Å². The Morgan fingerprint density at radius 3 is 2.89 bits per heavy atom. The van der Waals surface area contributed by atoms with Crippen LogP contribution in [0.2, 0.25) is 0 Å². The van der Waals surface area contributed by atoms with E-state index < -0.39 is 0 Å². The lowest BCUT2D eigenvalue weighted by Gasteiger charge is -2.38. The van der Waals surface area contributed by atoms with E-state index in [2.05, 4.69) is 24.1 Å². The van der Waals surface area contributed by atoms with Crippen molar-refractivity contribution >= 4 is 0 Å². The Morgan fingerprint density at radius 1 is 1.28 bits per heavy atom. The Labute approximate surface area is 111 Å². The van der Waals surface area contributed by atoms with Gasteiger partial charge in [0.15, 0.2) is 0 Å². The quantitative estimate of drug-likeness (QED) is 0.803. The van der Waals surface area contributed by atoms with Crippen molar-refractivity contribution in [2.24, 2.45) is 0 Å². The Morgan fingerprint density at radius 2 is 2.17 bits per heavy atom. The van der Waals surface area contributed by atoms with Gasteiger partial charge in [0.05, 0.1) is 19.3 Å². The van der Waals surface area contributed by atoms with Crippen molar-refractivity contribution in [1.82, 2.24) is 10.2 Å². The lowest BCUT2D eigenvalue weighted by Crippen LogP contribution is -2.53. The van der Waals surface area contributed by atoms with E-state index in [0.717, 1.165) is 39.5 Å². The third-order valence-corrected chi connectivity index (χ3v) is 3.82. The number of nitrogens with one attached hydrogen (secondary N) is 1. The average molecular weight is 256 g/mol. The second kappa shape index (κ2) is 7.43. The normalized spacial score (nSPS) is 30.8. The third kappa shape index (κ3) is 4.50. The number of nitrogens with zero attached hydrogens (tertiary/aromatic N) is 1. The van der Waals surface area contributed by atoms with Crippen molar-refractivity contribution in [2.75, 3.05) is 39.5 Å².